The number of esters is 1. The van der Waals surface area contributed by atoms with E-state index in [9.17, 15) is 14.0 Å². The maximum Gasteiger partial charge on any atom is 0.339 e. The van der Waals surface area contributed by atoms with E-state index in [4.69, 9.17) is 4.74 Å². The molecule has 3 aromatic rings. The molecule has 1 fully saturated rings. The van der Waals surface area contributed by atoms with Gasteiger partial charge in [0.05, 0.1) is 17.4 Å². The van der Waals surface area contributed by atoms with E-state index in [0.29, 0.717) is 42.8 Å². The number of hydrogen-bond donors (Lipinski definition) is 1. The Morgan fingerprint density at radius 2 is 1.87 bits per heavy atom. The van der Waals surface area contributed by atoms with Crippen molar-refractivity contribution in [1.82, 2.24) is 9.55 Å². The number of para-hydroxylation sites is 1. The Balaban J connectivity index is 1.25. The lowest BCUT2D eigenvalue weighted by Gasteiger charge is -2.35. The topological polar surface area (TPSA) is 73.2 Å². The summed E-state index contributed by atoms with van der Waals surface area (Å²) in [6.07, 6.45) is 5.51. The molecule has 1 N–H and O–H groups in total. The molecule has 1 aliphatic carbocycles. The van der Waals surface area contributed by atoms with Crippen molar-refractivity contribution in [3.63, 3.8) is 0 Å². The SMILES string of the molecule is O=C1OC2(CCC(C(=O)Nc3cn(-c4ccccc4F)cn3)CC2)c2ccccc21. The molecule has 1 aliphatic heterocycles. The van der Waals surface area contributed by atoms with Gasteiger partial charge in [-0.1, -0.05) is 30.3 Å². The molecule has 7 heteroatoms. The average molecular weight is 405 g/mol. The molecule has 0 unspecified atom stereocenters. The Morgan fingerprint density at radius 1 is 1.13 bits per heavy atom. The zero-order valence-electron chi connectivity index (χ0n) is 16.2. The highest BCUT2D eigenvalue weighted by atomic mass is 19.1. The molecule has 2 aliphatic rings. The molecule has 152 valence electrons. The first-order valence-electron chi connectivity index (χ1n) is 9.98. The summed E-state index contributed by atoms with van der Waals surface area (Å²) >= 11 is 0. The number of nitrogens with zero attached hydrogens (tertiary/aromatic N) is 2. The summed E-state index contributed by atoms with van der Waals surface area (Å²) in [5, 5.41) is 2.83. The van der Waals surface area contributed by atoms with E-state index in [1.807, 2.05) is 18.2 Å². The van der Waals surface area contributed by atoms with E-state index in [2.05, 4.69) is 10.3 Å². The van der Waals surface area contributed by atoms with Crippen LogP contribution in [0.15, 0.2) is 61.1 Å². The van der Waals surface area contributed by atoms with Gasteiger partial charge in [0, 0.05) is 11.5 Å². The number of halogens is 1. The Hall–Kier alpha value is -3.48. The fourth-order valence-electron chi connectivity index (χ4n) is 4.47. The highest BCUT2D eigenvalue weighted by molar-refractivity contribution is 5.95. The van der Waals surface area contributed by atoms with Crippen LogP contribution in [0.1, 0.15) is 41.6 Å². The Labute approximate surface area is 172 Å². The van der Waals surface area contributed by atoms with Crippen LogP contribution in [0, 0.1) is 11.7 Å². The van der Waals surface area contributed by atoms with Crippen LogP contribution in [0.25, 0.3) is 5.69 Å². The van der Waals surface area contributed by atoms with Crippen molar-refractivity contribution < 1.29 is 18.7 Å². The third-order valence-electron chi connectivity index (χ3n) is 6.05. The van der Waals surface area contributed by atoms with Gasteiger partial charge >= 0.3 is 5.97 Å². The van der Waals surface area contributed by atoms with Gasteiger partial charge in [-0.2, -0.15) is 0 Å². The zero-order chi connectivity index (χ0) is 20.7. The molecule has 1 saturated carbocycles. The van der Waals surface area contributed by atoms with Gasteiger partial charge in [-0.25, -0.2) is 14.2 Å². The molecule has 2 heterocycles. The van der Waals surface area contributed by atoms with E-state index in [0.717, 1.165) is 5.56 Å². The molecule has 6 nitrogen and oxygen atoms in total. The molecule has 0 atom stereocenters. The van der Waals surface area contributed by atoms with Crippen molar-refractivity contribution >= 4 is 17.7 Å². The van der Waals surface area contributed by atoms with Gasteiger partial charge in [-0.15, -0.1) is 0 Å². The lowest BCUT2D eigenvalue weighted by molar-refractivity contribution is -0.122. The predicted octanol–water partition coefficient (Wildman–Crippen LogP) is 4.21. The molecule has 0 saturated heterocycles. The van der Waals surface area contributed by atoms with Gasteiger partial charge < -0.3 is 14.6 Å². The molecular weight excluding hydrogens is 385 g/mol. The van der Waals surface area contributed by atoms with E-state index in [-0.39, 0.29) is 23.6 Å². The highest BCUT2D eigenvalue weighted by Crippen LogP contribution is 2.48. The summed E-state index contributed by atoms with van der Waals surface area (Å²) in [4.78, 5) is 29.1. The summed E-state index contributed by atoms with van der Waals surface area (Å²) in [7, 11) is 0. The van der Waals surface area contributed by atoms with Crippen LogP contribution in [0.3, 0.4) is 0 Å². The number of benzene rings is 2. The number of carbonyl (C=O) groups is 2. The fraction of sp³-hybridized carbons (Fsp3) is 0.261. The van der Waals surface area contributed by atoms with Crippen molar-refractivity contribution in [2.45, 2.75) is 31.3 Å². The van der Waals surface area contributed by atoms with Crippen LogP contribution < -0.4 is 5.32 Å². The summed E-state index contributed by atoms with van der Waals surface area (Å²) in [6, 6.07) is 13.8. The van der Waals surface area contributed by atoms with Crippen LogP contribution in [-0.2, 0) is 15.1 Å². The second kappa shape index (κ2) is 7.09. The Kier molecular flexibility index (Phi) is 4.38. The molecule has 0 bridgehead atoms. The number of amides is 1. The van der Waals surface area contributed by atoms with Crippen molar-refractivity contribution in [3.8, 4) is 5.69 Å². The van der Waals surface area contributed by atoms with Gasteiger partial charge in [-0.05, 0) is 43.9 Å². The number of rotatable bonds is 3. The monoisotopic (exact) mass is 405 g/mol. The first kappa shape index (κ1) is 18.5. The van der Waals surface area contributed by atoms with Crippen LogP contribution in [0.5, 0.6) is 0 Å². The van der Waals surface area contributed by atoms with Crippen molar-refractivity contribution in [1.29, 1.82) is 0 Å². The summed E-state index contributed by atoms with van der Waals surface area (Å²) in [5.74, 6) is -0.591. The van der Waals surface area contributed by atoms with E-state index in [1.165, 1.54) is 17.0 Å². The second-order valence-corrected chi connectivity index (χ2v) is 7.81. The molecule has 1 spiro atoms. The van der Waals surface area contributed by atoms with E-state index >= 15 is 0 Å². The first-order valence-corrected chi connectivity index (χ1v) is 9.98. The number of aromatic nitrogens is 2. The summed E-state index contributed by atoms with van der Waals surface area (Å²) in [5.41, 5.74) is 1.31. The van der Waals surface area contributed by atoms with Gasteiger partial charge in [0.1, 0.15) is 17.7 Å². The Morgan fingerprint density at radius 3 is 2.67 bits per heavy atom. The highest BCUT2D eigenvalue weighted by Gasteiger charge is 2.48. The van der Waals surface area contributed by atoms with Crippen LogP contribution in [0.2, 0.25) is 0 Å². The van der Waals surface area contributed by atoms with E-state index in [1.54, 1.807) is 30.5 Å². The number of fused-ring (bicyclic) bond motifs is 2. The molecule has 5 rings (SSSR count). The largest absolute Gasteiger partial charge is 0.451 e. The normalized spacial score (nSPS) is 22.6. The zero-order valence-corrected chi connectivity index (χ0v) is 16.2. The quantitative estimate of drug-likeness (QED) is 0.663. The van der Waals surface area contributed by atoms with Crippen molar-refractivity contribution in [2.75, 3.05) is 5.32 Å². The van der Waals surface area contributed by atoms with Gasteiger partial charge in [0.15, 0.2) is 5.82 Å². The summed E-state index contributed by atoms with van der Waals surface area (Å²) < 4.78 is 21.2. The molecule has 2 aromatic carbocycles. The van der Waals surface area contributed by atoms with Gasteiger partial charge in [0.2, 0.25) is 5.91 Å². The number of ether oxygens (including phenoxy) is 1. The number of carbonyl (C=O) groups excluding carboxylic acids is 2. The number of anilines is 1. The van der Waals surface area contributed by atoms with Crippen molar-refractivity contribution in [2.24, 2.45) is 5.92 Å². The third-order valence-corrected chi connectivity index (χ3v) is 6.05. The standard InChI is InChI=1S/C23H20FN3O3/c24-18-7-3-4-8-19(18)27-13-20(25-14-27)26-21(28)15-9-11-23(12-10-15)17-6-2-1-5-16(17)22(29)30-23/h1-8,13-15H,9-12H2,(H,26,28). The third kappa shape index (κ3) is 3.07. The van der Waals surface area contributed by atoms with E-state index < -0.39 is 5.60 Å². The van der Waals surface area contributed by atoms with Crippen molar-refractivity contribution in [3.05, 3.63) is 78.0 Å². The molecule has 30 heavy (non-hydrogen) atoms. The smallest absolute Gasteiger partial charge is 0.339 e. The maximum atomic E-state index is 13.9. The van der Waals surface area contributed by atoms with Gasteiger partial charge in [0.25, 0.3) is 0 Å². The lowest BCUT2D eigenvalue weighted by atomic mass is 9.74. The predicted molar refractivity (Wildman–Crippen MR) is 108 cm³/mol. The van der Waals surface area contributed by atoms with Gasteiger partial charge in [-0.3, -0.25) is 4.79 Å². The molecule has 1 amide bonds. The number of imidazole rings is 1. The van der Waals surface area contributed by atoms with Crippen LogP contribution in [-0.4, -0.2) is 21.4 Å². The molecule has 1 aromatic heterocycles. The Bertz CT molecular complexity index is 1130. The lowest BCUT2D eigenvalue weighted by Crippen LogP contribution is -2.36. The fourth-order valence-corrected chi connectivity index (χ4v) is 4.47. The minimum atomic E-state index is -0.614. The number of hydrogen-bond acceptors (Lipinski definition) is 4. The first-order chi connectivity index (χ1) is 14.6. The molecular formula is C23H20FN3O3. The van der Waals surface area contributed by atoms with Crippen LogP contribution >= 0.6 is 0 Å². The average Bonchev–Trinajstić information content (AvgIpc) is 3.32. The van der Waals surface area contributed by atoms with Crippen LogP contribution in [0.4, 0.5) is 10.2 Å². The molecule has 0 radical (unpaired) electrons. The second-order valence-electron chi connectivity index (χ2n) is 7.81. The summed E-state index contributed by atoms with van der Waals surface area (Å²) in [6.45, 7) is 0. The maximum absolute atomic E-state index is 13.9. The number of nitrogens with one attached hydrogen (secondary N) is 1. The minimum absolute atomic E-state index is 0.124. The minimum Gasteiger partial charge on any atom is -0.451 e.